The summed E-state index contributed by atoms with van der Waals surface area (Å²) in [6.07, 6.45) is 2.76. The Morgan fingerprint density at radius 3 is 2.57 bits per heavy atom. The van der Waals surface area contributed by atoms with Crippen LogP contribution in [0.2, 0.25) is 5.02 Å². The lowest BCUT2D eigenvalue weighted by Crippen LogP contribution is -2.54. The molecule has 10 nitrogen and oxygen atoms in total. The fourth-order valence-electron chi connectivity index (χ4n) is 5.32. The molecule has 1 saturated heterocycles. The van der Waals surface area contributed by atoms with Crippen molar-refractivity contribution in [2.45, 2.75) is 32.7 Å². The Balaban J connectivity index is 1.84. The molecule has 3 aromatic heterocycles. The molecule has 1 aliphatic rings. The number of halogens is 2. The number of nitrogens with zero attached hydrogens (tertiary/aromatic N) is 8. The van der Waals surface area contributed by atoms with Crippen molar-refractivity contribution in [2.75, 3.05) is 43.5 Å². The van der Waals surface area contributed by atoms with E-state index in [-0.39, 0.29) is 39.8 Å². The van der Waals surface area contributed by atoms with Gasteiger partial charge >= 0.3 is 5.69 Å². The summed E-state index contributed by atoms with van der Waals surface area (Å²) in [5, 5.41) is 0.702. The second-order valence-corrected chi connectivity index (χ2v) is 11.1. The third kappa shape index (κ3) is 5.09. The Labute approximate surface area is 248 Å². The van der Waals surface area contributed by atoms with Crippen LogP contribution >= 0.6 is 11.6 Å². The van der Waals surface area contributed by atoms with Crippen LogP contribution in [-0.4, -0.2) is 75.1 Å². The molecule has 0 aliphatic carbocycles. The molecule has 12 heteroatoms. The molecule has 1 unspecified atom stereocenters. The fourth-order valence-corrected chi connectivity index (χ4v) is 5.57. The van der Waals surface area contributed by atoms with E-state index in [4.69, 9.17) is 16.6 Å². The minimum absolute atomic E-state index is 0.0721. The van der Waals surface area contributed by atoms with Gasteiger partial charge in [-0.05, 0) is 37.1 Å². The topological polar surface area (TPSA) is 100 Å². The van der Waals surface area contributed by atoms with Crippen LogP contribution in [0.3, 0.4) is 0 Å². The Kier molecular flexibility index (Phi) is 7.96. The normalized spacial score (nSPS) is 15.4. The predicted octanol–water partition coefficient (Wildman–Crippen LogP) is 4.44. The molecule has 4 heterocycles. The Bertz CT molecular complexity index is 1730. The first-order valence-electron chi connectivity index (χ1n) is 13.6. The van der Waals surface area contributed by atoms with Crippen molar-refractivity contribution in [2.24, 2.45) is 0 Å². The first-order chi connectivity index (χ1) is 20.0. The van der Waals surface area contributed by atoms with Gasteiger partial charge in [-0.3, -0.25) is 4.79 Å². The molecular formula is C30H32ClFN8O2. The molecule has 1 fully saturated rings. The highest BCUT2D eigenvalue weighted by atomic mass is 35.5. The summed E-state index contributed by atoms with van der Waals surface area (Å²) in [5.74, 6) is 0.160. The smallest absolute Gasteiger partial charge is 0.356 e. The maximum Gasteiger partial charge on any atom is 0.356 e. The van der Waals surface area contributed by atoms with Crippen LogP contribution in [0.4, 0.5) is 16.0 Å². The lowest BCUT2D eigenvalue weighted by atomic mass is 10.1. The summed E-state index contributed by atoms with van der Waals surface area (Å²) in [7, 11) is 3.65. The number of hydrogen-bond acceptors (Lipinski definition) is 8. The van der Waals surface area contributed by atoms with Gasteiger partial charge in [-0.2, -0.15) is 4.98 Å². The van der Waals surface area contributed by atoms with E-state index in [1.165, 1.54) is 23.0 Å². The van der Waals surface area contributed by atoms with E-state index >= 15 is 0 Å². The first kappa shape index (κ1) is 29.1. The zero-order chi connectivity index (χ0) is 30.3. The van der Waals surface area contributed by atoms with Crippen LogP contribution < -0.4 is 15.5 Å². The van der Waals surface area contributed by atoms with Crippen molar-refractivity contribution in [1.29, 1.82) is 0 Å². The van der Waals surface area contributed by atoms with E-state index in [1.54, 1.807) is 34.1 Å². The van der Waals surface area contributed by atoms with Gasteiger partial charge in [0.25, 0.3) is 0 Å². The zero-order valence-electron chi connectivity index (χ0n) is 24.2. The molecule has 5 rings (SSSR count). The minimum Gasteiger partial charge on any atom is -0.361 e. The van der Waals surface area contributed by atoms with Crippen LogP contribution in [0.5, 0.6) is 0 Å². The molecule has 1 aromatic carbocycles. The number of hydrogen-bond donors (Lipinski definition) is 0. The molecule has 0 saturated carbocycles. The van der Waals surface area contributed by atoms with Gasteiger partial charge < -0.3 is 14.7 Å². The van der Waals surface area contributed by atoms with E-state index in [1.807, 2.05) is 39.8 Å². The van der Waals surface area contributed by atoms with E-state index in [9.17, 15) is 14.0 Å². The highest BCUT2D eigenvalue weighted by Crippen LogP contribution is 2.37. The van der Waals surface area contributed by atoms with Crippen molar-refractivity contribution >= 4 is 40.2 Å². The van der Waals surface area contributed by atoms with E-state index < -0.39 is 11.5 Å². The molecule has 218 valence electrons. The Morgan fingerprint density at radius 1 is 1.19 bits per heavy atom. The van der Waals surface area contributed by atoms with Gasteiger partial charge in [0.1, 0.15) is 23.6 Å². The van der Waals surface area contributed by atoms with Crippen LogP contribution in [0.15, 0.2) is 54.1 Å². The lowest BCUT2D eigenvalue weighted by molar-refractivity contribution is -0.126. The lowest BCUT2D eigenvalue weighted by Gasteiger charge is -2.40. The molecule has 0 bridgehead atoms. The van der Waals surface area contributed by atoms with Crippen molar-refractivity contribution < 1.29 is 9.18 Å². The van der Waals surface area contributed by atoms with Gasteiger partial charge in [0.15, 0.2) is 11.5 Å². The van der Waals surface area contributed by atoms with Crippen molar-refractivity contribution in [1.82, 2.24) is 29.4 Å². The monoisotopic (exact) mass is 590 g/mol. The van der Waals surface area contributed by atoms with Gasteiger partial charge in [-0.1, -0.05) is 44.2 Å². The number of aromatic nitrogens is 5. The fraction of sp³-hybridized carbons (Fsp3) is 0.333. The molecule has 0 N–H and O–H groups in total. The number of anilines is 2. The van der Waals surface area contributed by atoms with Crippen LogP contribution in [0.25, 0.3) is 28.0 Å². The molecule has 1 amide bonds. The number of carbonyl (C=O) groups is 1. The summed E-state index contributed by atoms with van der Waals surface area (Å²) >= 11 is 6.78. The average molecular weight is 591 g/mol. The van der Waals surface area contributed by atoms with Crippen LogP contribution in [0, 0.1) is 5.82 Å². The summed E-state index contributed by atoms with van der Waals surface area (Å²) < 4.78 is 16.4. The molecule has 1 atom stereocenters. The van der Waals surface area contributed by atoms with Crippen molar-refractivity contribution in [3.8, 4) is 16.9 Å². The average Bonchev–Trinajstić information content (AvgIpc) is 2.96. The molecular weight excluding hydrogens is 559 g/mol. The molecule has 1 aliphatic heterocycles. The maximum atomic E-state index is 15.0. The zero-order valence-corrected chi connectivity index (χ0v) is 24.9. The molecule has 0 radical (unpaired) electrons. The Morgan fingerprint density at radius 2 is 1.93 bits per heavy atom. The highest BCUT2D eigenvalue weighted by Gasteiger charge is 2.31. The summed E-state index contributed by atoms with van der Waals surface area (Å²) in [4.78, 5) is 50.3. The number of amides is 1. The summed E-state index contributed by atoms with van der Waals surface area (Å²) in [5.41, 5.74) is 1.10. The number of rotatable bonds is 6. The molecule has 0 spiro atoms. The van der Waals surface area contributed by atoms with E-state index in [2.05, 4.69) is 21.5 Å². The number of carbonyl (C=O) groups excluding carboxylic acids is 1. The third-order valence-electron chi connectivity index (χ3n) is 7.34. The summed E-state index contributed by atoms with van der Waals surface area (Å²) in [6.45, 7) is 10.8. The van der Waals surface area contributed by atoms with Gasteiger partial charge in [0, 0.05) is 45.3 Å². The standard InChI is InChI=1S/C30H32ClFN8O2/c1-7-23(41)38-12-13-39(18(4)15-38)27-20-14-21(31)25(19-10-8-9-11-22(19)32)35-28(20)40(30(42)36-27)26-24(17(2)3)33-16-34-29(26)37(5)6/h7-11,14,16-18H,1,12-13,15H2,2-6H3. The number of benzene rings is 1. The SMILES string of the molecule is C=CC(=O)N1CCN(c2nc(=O)n(-c3c(C(C)C)ncnc3N(C)C)c3nc(-c4ccccc4F)c(Cl)cc23)C(C)C1. The highest BCUT2D eigenvalue weighted by molar-refractivity contribution is 6.33. The van der Waals surface area contributed by atoms with Gasteiger partial charge in [0.2, 0.25) is 5.91 Å². The van der Waals surface area contributed by atoms with Crippen LogP contribution in [-0.2, 0) is 4.79 Å². The number of piperazine rings is 1. The number of fused-ring (bicyclic) bond motifs is 1. The second kappa shape index (κ2) is 11.5. The quantitative estimate of drug-likeness (QED) is 0.304. The predicted molar refractivity (Wildman–Crippen MR) is 163 cm³/mol. The third-order valence-corrected chi connectivity index (χ3v) is 7.63. The van der Waals surface area contributed by atoms with Crippen LogP contribution in [0.1, 0.15) is 32.4 Å². The minimum atomic E-state index is -0.594. The largest absolute Gasteiger partial charge is 0.361 e. The van der Waals surface area contributed by atoms with Gasteiger partial charge in [-0.15, -0.1) is 0 Å². The first-order valence-corrected chi connectivity index (χ1v) is 14.0. The number of pyridine rings is 1. The van der Waals surface area contributed by atoms with E-state index in [0.29, 0.717) is 48.0 Å². The maximum absolute atomic E-state index is 15.0. The molecule has 4 aromatic rings. The van der Waals surface area contributed by atoms with E-state index in [0.717, 1.165) is 0 Å². The van der Waals surface area contributed by atoms with Gasteiger partial charge in [-0.25, -0.2) is 28.7 Å². The Hall–Kier alpha value is -4.38. The molecule has 42 heavy (non-hydrogen) atoms. The second-order valence-electron chi connectivity index (χ2n) is 10.7. The van der Waals surface area contributed by atoms with Gasteiger partial charge in [0.05, 0.1) is 21.8 Å². The van der Waals surface area contributed by atoms with Crippen molar-refractivity contribution in [3.05, 3.63) is 76.3 Å². The van der Waals surface area contributed by atoms with Crippen molar-refractivity contribution in [3.63, 3.8) is 0 Å². The summed E-state index contributed by atoms with van der Waals surface area (Å²) in [6, 6.07) is 7.70.